The van der Waals surface area contributed by atoms with E-state index in [-0.39, 0.29) is 49.2 Å². The lowest BCUT2D eigenvalue weighted by molar-refractivity contribution is -0.171. The lowest BCUT2D eigenvalue weighted by atomic mass is 9.86. The van der Waals surface area contributed by atoms with Crippen molar-refractivity contribution in [1.82, 2.24) is 10.3 Å². The summed E-state index contributed by atoms with van der Waals surface area (Å²) >= 11 is 0. The van der Waals surface area contributed by atoms with Crippen LogP contribution in [0.3, 0.4) is 0 Å². The summed E-state index contributed by atoms with van der Waals surface area (Å²) in [5.74, 6) is 11.0. The van der Waals surface area contributed by atoms with Gasteiger partial charge < -0.3 is 38.2 Å². The molecule has 0 unspecified atom stereocenters. The third kappa shape index (κ3) is 13.5. The van der Waals surface area contributed by atoms with Gasteiger partial charge in [0.2, 0.25) is 0 Å². The normalized spacial score (nSPS) is 28.6. The molecule has 0 saturated carbocycles. The number of hydrogen-bond donors (Lipinski definition) is 1. The van der Waals surface area contributed by atoms with Crippen molar-refractivity contribution in [3.05, 3.63) is 30.0 Å². The summed E-state index contributed by atoms with van der Waals surface area (Å²) < 4.78 is 40.5. The summed E-state index contributed by atoms with van der Waals surface area (Å²) in [5, 5.41) is 2.44. The largest absolute Gasteiger partial charge is 0.458 e. The van der Waals surface area contributed by atoms with E-state index in [1.807, 2.05) is 6.08 Å². The van der Waals surface area contributed by atoms with Crippen molar-refractivity contribution in [3.8, 4) is 23.7 Å². The predicted molar refractivity (Wildman–Crippen MR) is 182 cm³/mol. The van der Waals surface area contributed by atoms with Crippen LogP contribution >= 0.6 is 0 Å². The molecule has 274 valence electrons. The van der Waals surface area contributed by atoms with Crippen molar-refractivity contribution >= 4 is 18.0 Å². The molecule has 1 amide bonds. The number of carbonyl (C=O) groups excluding carboxylic acids is 3. The molecular weight excluding hydrogens is 644 g/mol. The maximum Gasteiger partial charge on any atom is 0.407 e. The standard InChI is InChI=1S/C38H52N2O10/c1-25(2)10-8-12-28-18-29-16-15-26(3)34(48-29)22-30(44-4)19-31-20-32(21-33(47-31)23-37(42)49-28)50-36(41)14-7-6-11-27-24-46-35(40-27)13-9-17-39-38(43)45-5/h8,12,24-26,28-34H,6,10-11,15-23H2,1-5H3,(H,39,43)/b12-8+/t26-,28-,29-,30-,31+,32+,33+,34+/m0/s1. The summed E-state index contributed by atoms with van der Waals surface area (Å²) in [7, 11) is 2.98. The number of aromatic nitrogens is 1. The minimum atomic E-state index is -0.634. The van der Waals surface area contributed by atoms with Gasteiger partial charge in [-0.2, -0.15) is 0 Å². The van der Waals surface area contributed by atoms with Gasteiger partial charge in [-0.15, -0.1) is 0 Å². The number of esters is 2. The molecule has 3 fully saturated rings. The van der Waals surface area contributed by atoms with Gasteiger partial charge in [-0.05, 0) is 49.5 Å². The molecule has 1 N–H and O–H groups in total. The van der Waals surface area contributed by atoms with Gasteiger partial charge >= 0.3 is 18.0 Å². The molecule has 50 heavy (non-hydrogen) atoms. The van der Waals surface area contributed by atoms with Gasteiger partial charge in [0.05, 0.1) is 56.3 Å². The van der Waals surface area contributed by atoms with Gasteiger partial charge in [-0.25, -0.2) is 14.6 Å². The number of fused-ring (bicyclic) bond motifs is 4. The number of alkyl carbamates (subject to hydrolysis) is 1. The van der Waals surface area contributed by atoms with Crippen LogP contribution in [0.25, 0.3) is 0 Å². The number of carbonyl (C=O) groups is 3. The molecule has 1 aromatic heterocycles. The SMILES string of the molecule is COC(=O)NCC#Cc1nc(CCC#CC(=O)O[C@@H]2C[C@H]3C[C@H](OC)C[C@H]4O[C@@H](CC[C@@H]4C)C[C@H](/C=C/CC(C)C)OC(=O)C[C@@H](C2)O3)co1. The molecule has 0 spiro atoms. The average Bonchev–Trinajstić information content (AvgIpc) is 3.52. The first-order valence-corrected chi connectivity index (χ1v) is 17.7. The first kappa shape index (κ1) is 39.0. The topological polar surface area (TPSA) is 145 Å². The van der Waals surface area contributed by atoms with E-state index in [0.717, 1.165) is 25.7 Å². The fourth-order valence-corrected chi connectivity index (χ4v) is 6.46. The van der Waals surface area contributed by atoms with Crippen LogP contribution in [-0.2, 0) is 44.4 Å². The highest BCUT2D eigenvalue weighted by molar-refractivity contribution is 5.88. The number of aryl methyl sites for hydroxylation is 1. The molecule has 12 heteroatoms. The molecule has 3 aliphatic rings. The number of cyclic esters (lactones) is 1. The van der Waals surface area contributed by atoms with Crippen LogP contribution in [0.5, 0.6) is 0 Å². The van der Waals surface area contributed by atoms with E-state index < -0.39 is 30.4 Å². The number of nitrogens with one attached hydrogen (secondary N) is 1. The van der Waals surface area contributed by atoms with Crippen LogP contribution in [0.2, 0.25) is 0 Å². The minimum absolute atomic E-state index is 0.00897. The van der Waals surface area contributed by atoms with Crippen LogP contribution in [0, 0.1) is 35.5 Å². The molecule has 0 aliphatic carbocycles. The minimum Gasteiger partial charge on any atom is -0.458 e. The molecule has 3 aliphatic heterocycles. The molecule has 4 bridgehead atoms. The zero-order valence-electron chi connectivity index (χ0n) is 29.9. The number of rotatable bonds is 8. The predicted octanol–water partition coefficient (Wildman–Crippen LogP) is 5.06. The van der Waals surface area contributed by atoms with E-state index in [0.29, 0.717) is 56.1 Å². The summed E-state index contributed by atoms with van der Waals surface area (Å²) in [6, 6.07) is 0. The fraction of sp³-hybridized carbons (Fsp3) is 0.684. The van der Waals surface area contributed by atoms with Crippen molar-refractivity contribution in [2.75, 3.05) is 20.8 Å². The lowest BCUT2D eigenvalue weighted by Gasteiger charge is -2.40. The monoisotopic (exact) mass is 696 g/mol. The zero-order valence-corrected chi connectivity index (χ0v) is 29.9. The van der Waals surface area contributed by atoms with Crippen molar-refractivity contribution in [2.45, 2.75) is 134 Å². The van der Waals surface area contributed by atoms with Crippen LogP contribution in [0.1, 0.15) is 96.6 Å². The highest BCUT2D eigenvalue weighted by Gasteiger charge is 2.38. The number of hydrogen-bond acceptors (Lipinski definition) is 11. The van der Waals surface area contributed by atoms with Gasteiger partial charge in [-0.3, -0.25) is 4.79 Å². The molecular formula is C38H52N2O10. The third-order valence-electron chi connectivity index (χ3n) is 9.09. The van der Waals surface area contributed by atoms with Crippen LogP contribution in [-0.4, -0.2) is 86.5 Å². The third-order valence-corrected chi connectivity index (χ3v) is 9.09. The Morgan fingerprint density at radius 3 is 2.62 bits per heavy atom. The quantitative estimate of drug-likeness (QED) is 0.128. The van der Waals surface area contributed by atoms with E-state index in [2.05, 4.69) is 65.6 Å². The van der Waals surface area contributed by atoms with Crippen LogP contribution < -0.4 is 5.32 Å². The Kier molecular flexibility index (Phi) is 15.7. The smallest absolute Gasteiger partial charge is 0.407 e. The molecule has 8 atom stereocenters. The Hall–Kier alpha value is -3.84. The number of ether oxygens (including phenoxy) is 6. The van der Waals surface area contributed by atoms with Gasteiger partial charge in [0.15, 0.2) is 0 Å². The summed E-state index contributed by atoms with van der Waals surface area (Å²) in [4.78, 5) is 41.4. The Morgan fingerprint density at radius 1 is 1.04 bits per heavy atom. The Bertz CT molecular complexity index is 1420. The number of oxazole rings is 1. The van der Waals surface area contributed by atoms with E-state index >= 15 is 0 Å². The van der Waals surface area contributed by atoms with E-state index in [1.165, 1.54) is 13.4 Å². The van der Waals surface area contributed by atoms with Gasteiger partial charge in [0.1, 0.15) is 18.5 Å². The highest BCUT2D eigenvalue weighted by atomic mass is 16.6. The average molecular weight is 697 g/mol. The lowest BCUT2D eigenvalue weighted by Crippen LogP contribution is -2.43. The Balaban J connectivity index is 1.36. The molecule has 0 radical (unpaired) electrons. The second-order valence-corrected chi connectivity index (χ2v) is 13.7. The summed E-state index contributed by atoms with van der Waals surface area (Å²) in [6.07, 6.45) is 9.78. The molecule has 1 aromatic rings. The number of methoxy groups -OCH3 is 2. The summed E-state index contributed by atoms with van der Waals surface area (Å²) in [5.41, 5.74) is 0.633. The first-order valence-electron chi connectivity index (χ1n) is 17.7. The molecule has 4 rings (SSSR count). The number of amides is 1. The second kappa shape index (κ2) is 20.1. The number of nitrogens with zero attached hydrogens (tertiary/aromatic N) is 1. The van der Waals surface area contributed by atoms with E-state index in [1.54, 1.807) is 7.11 Å². The first-order chi connectivity index (χ1) is 24.1. The second-order valence-electron chi connectivity index (χ2n) is 13.7. The molecule has 4 heterocycles. The zero-order chi connectivity index (χ0) is 35.9. The van der Waals surface area contributed by atoms with Crippen molar-refractivity contribution < 1.29 is 47.2 Å². The van der Waals surface area contributed by atoms with E-state index in [9.17, 15) is 14.4 Å². The molecule has 3 saturated heterocycles. The van der Waals surface area contributed by atoms with E-state index in [4.69, 9.17) is 28.1 Å². The maximum atomic E-state index is 13.3. The highest BCUT2D eigenvalue weighted by Crippen LogP contribution is 2.34. The van der Waals surface area contributed by atoms with Gasteiger partial charge in [-0.1, -0.05) is 38.7 Å². The van der Waals surface area contributed by atoms with Crippen molar-refractivity contribution in [3.63, 3.8) is 0 Å². The van der Waals surface area contributed by atoms with Gasteiger partial charge in [0.25, 0.3) is 5.89 Å². The molecule has 0 aromatic carbocycles. The number of allylic oxidation sites excluding steroid dienone is 1. The van der Waals surface area contributed by atoms with Gasteiger partial charge in [0, 0.05) is 51.6 Å². The maximum absolute atomic E-state index is 13.3. The molecule has 12 nitrogen and oxygen atoms in total. The van der Waals surface area contributed by atoms with Crippen molar-refractivity contribution in [2.24, 2.45) is 11.8 Å². The van der Waals surface area contributed by atoms with Crippen LogP contribution in [0.4, 0.5) is 4.79 Å². The van der Waals surface area contributed by atoms with Crippen molar-refractivity contribution in [1.29, 1.82) is 0 Å². The van der Waals surface area contributed by atoms with Crippen LogP contribution in [0.15, 0.2) is 22.8 Å². The Morgan fingerprint density at radius 2 is 1.84 bits per heavy atom. The Labute approximate surface area is 295 Å². The summed E-state index contributed by atoms with van der Waals surface area (Å²) in [6.45, 7) is 6.62. The fourth-order valence-electron chi connectivity index (χ4n) is 6.46.